The third-order valence-electron chi connectivity index (χ3n) is 6.04. The summed E-state index contributed by atoms with van der Waals surface area (Å²) in [7, 11) is -0.746. The van der Waals surface area contributed by atoms with Crippen LogP contribution >= 0.6 is 7.92 Å². The van der Waals surface area contributed by atoms with E-state index in [2.05, 4.69) is 115 Å². The molecule has 0 aliphatic heterocycles. The van der Waals surface area contributed by atoms with E-state index in [9.17, 15) is 4.79 Å². The first kappa shape index (κ1) is 23.5. The van der Waals surface area contributed by atoms with E-state index in [1.165, 1.54) is 27.0 Å². The van der Waals surface area contributed by atoms with Crippen molar-refractivity contribution in [3.8, 4) is 11.1 Å². The van der Waals surface area contributed by atoms with Crippen molar-refractivity contribution in [3.63, 3.8) is 0 Å². The van der Waals surface area contributed by atoms with Crippen LogP contribution in [-0.4, -0.2) is 11.1 Å². The summed E-state index contributed by atoms with van der Waals surface area (Å²) in [6.45, 7) is 0. The van der Waals surface area contributed by atoms with Gasteiger partial charge in [0, 0.05) is 0 Å². The number of carboxylic acid groups (broad SMARTS) is 1. The zero-order valence-electron chi connectivity index (χ0n) is 19.7. The van der Waals surface area contributed by atoms with Crippen LogP contribution in [0.15, 0.2) is 133 Å². The Hall–Kier alpha value is -4.26. The average Bonchev–Trinajstić information content (AvgIpc) is 2.94. The van der Waals surface area contributed by atoms with Crippen LogP contribution in [-0.2, 0) is 0 Å². The summed E-state index contributed by atoms with van der Waals surface area (Å²) in [6, 6.07) is 45.6. The maximum atomic E-state index is 11.2. The molecule has 2 nitrogen and oxygen atoms in total. The summed E-state index contributed by atoms with van der Waals surface area (Å²) in [5, 5.41) is 13.1. The van der Waals surface area contributed by atoms with Crippen LogP contribution in [0.3, 0.4) is 0 Å². The summed E-state index contributed by atoms with van der Waals surface area (Å²) >= 11 is 0. The normalized spacial score (nSPS) is 11.1. The number of hydrogen-bond donors (Lipinski definition) is 1. The minimum Gasteiger partial charge on any atom is -0.478 e. The highest BCUT2D eigenvalue weighted by Crippen LogP contribution is 2.38. The Morgan fingerprint density at radius 1 is 0.556 bits per heavy atom. The third kappa shape index (κ3) is 5.20. The molecule has 0 aromatic heterocycles. The average molecular weight is 485 g/mol. The van der Waals surface area contributed by atoms with Gasteiger partial charge in [-0.3, -0.25) is 0 Å². The highest BCUT2D eigenvalue weighted by Gasteiger charge is 2.20. The number of hydrogen-bond acceptors (Lipinski definition) is 1. The zero-order valence-corrected chi connectivity index (χ0v) is 20.6. The monoisotopic (exact) mass is 484 g/mol. The lowest BCUT2D eigenvalue weighted by Crippen LogP contribution is -2.22. The molecular weight excluding hydrogens is 459 g/mol. The first-order valence-electron chi connectivity index (χ1n) is 11.8. The van der Waals surface area contributed by atoms with Crippen molar-refractivity contribution in [2.75, 3.05) is 0 Å². The molecule has 0 spiro atoms. The van der Waals surface area contributed by atoms with Gasteiger partial charge < -0.3 is 5.11 Å². The van der Waals surface area contributed by atoms with E-state index >= 15 is 0 Å². The summed E-state index contributed by atoms with van der Waals surface area (Å²) in [6.07, 6.45) is 4.14. The molecule has 1 N–H and O–H groups in total. The molecule has 0 atom stereocenters. The Kier molecular flexibility index (Phi) is 7.17. The molecule has 0 aliphatic carbocycles. The number of benzene rings is 5. The molecule has 0 amide bonds. The highest BCUT2D eigenvalue weighted by atomic mass is 31.1. The fraction of sp³-hybridized carbons (Fsp3) is 0. The van der Waals surface area contributed by atoms with Crippen LogP contribution in [0.4, 0.5) is 0 Å². The van der Waals surface area contributed by atoms with Gasteiger partial charge in [0.15, 0.2) is 0 Å². The van der Waals surface area contributed by atoms with Crippen molar-refractivity contribution in [3.05, 3.63) is 150 Å². The number of rotatable bonds is 7. The second kappa shape index (κ2) is 11.0. The first-order chi connectivity index (χ1) is 17.7. The van der Waals surface area contributed by atoms with Crippen molar-refractivity contribution in [2.24, 2.45) is 0 Å². The van der Waals surface area contributed by atoms with E-state index in [0.717, 1.165) is 11.1 Å². The van der Waals surface area contributed by atoms with Gasteiger partial charge in [0.25, 0.3) is 0 Å². The van der Waals surface area contributed by atoms with Crippen LogP contribution < -0.4 is 15.9 Å². The predicted octanol–water partition coefficient (Wildman–Crippen LogP) is 6.98. The zero-order chi connectivity index (χ0) is 24.7. The Morgan fingerprint density at radius 2 is 1.08 bits per heavy atom. The van der Waals surface area contributed by atoms with Crippen molar-refractivity contribution in [2.45, 2.75) is 0 Å². The van der Waals surface area contributed by atoms with Gasteiger partial charge in [-0.2, -0.15) is 0 Å². The Balaban J connectivity index is 1.59. The molecule has 174 valence electrons. The Bertz CT molecular complexity index is 1450. The minimum absolute atomic E-state index is 0.289. The smallest absolute Gasteiger partial charge is 0.335 e. The maximum absolute atomic E-state index is 11.2. The molecule has 0 unspecified atom stereocenters. The lowest BCUT2D eigenvalue weighted by molar-refractivity contribution is 0.0697. The molecule has 0 radical (unpaired) electrons. The number of carboxylic acids is 1. The quantitative estimate of drug-likeness (QED) is 0.200. The standard InChI is InChI=1S/C33H25O2P/c34-33(35)27-23-20-25(21-24-27)19-22-26-11-7-8-16-30(26)31-17-9-10-18-32(31)36(28-12-3-1-4-13-28)29-14-5-2-6-15-29/h1-24H,(H,34,35). The van der Waals surface area contributed by atoms with Gasteiger partial charge in [-0.25, -0.2) is 4.79 Å². The summed E-state index contributed by atoms with van der Waals surface area (Å²) in [4.78, 5) is 11.2. The molecular formula is C33H25O2P. The van der Waals surface area contributed by atoms with Gasteiger partial charge in [-0.15, -0.1) is 0 Å². The second-order valence-corrected chi connectivity index (χ2v) is 10.6. The minimum atomic E-state index is -0.916. The maximum Gasteiger partial charge on any atom is 0.335 e. The van der Waals surface area contributed by atoms with Gasteiger partial charge in [0.1, 0.15) is 0 Å². The van der Waals surface area contributed by atoms with Crippen LogP contribution in [0, 0.1) is 0 Å². The van der Waals surface area contributed by atoms with Crippen LogP contribution in [0.5, 0.6) is 0 Å². The molecule has 0 aliphatic rings. The van der Waals surface area contributed by atoms with Gasteiger partial charge in [0.05, 0.1) is 5.56 Å². The molecule has 0 fully saturated rings. The lowest BCUT2D eigenvalue weighted by Gasteiger charge is -2.23. The Morgan fingerprint density at radius 3 is 1.69 bits per heavy atom. The molecule has 5 aromatic carbocycles. The summed E-state index contributed by atoms with van der Waals surface area (Å²) < 4.78 is 0. The SMILES string of the molecule is O=C(O)c1ccc(C=Cc2ccccc2-c2ccccc2P(c2ccccc2)c2ccccc2)cc1. The van der Waals surface area contributed by atoms with Crippen molar-refractivity contribution in [1.82, 2.24) is 0 Å². The van der Waals surface area contributed by atoms with Crippen LogP contribution in [0.2, 0.25) is 0 Å². The molecule has 0 saturated carbocycles. The lowest BCUT2D eigenvalue weighted by atomic mass is 9.98. The van der Waals surface area contributed by atoms with Crippen molar-refractivity contribution >= 4 is 42.0 Å². The third-order valence-corrected chi connectivity index (χ3v) is 8.54. The summed E-state index contributed by atoms with van der Waals surface area (Å²) in [5.74, 6) is -0.916. The predicted molar refractivity (Wildman–Crippen MR) is 153 cm³/mol. The van der Waals surface area contributed by atoms with E-state index in [0.29, 0.717) is 0 Å². The topological polar surface area (TPSA) is 37.3 Å². The molecule has 0 saturated heterocycles. The second-order valence-electron chi connectivity index (χ2n) is 8.37. The Labute approximate surface area is 213 Å². The molecule has 3 heteroatoms. The van der Waals surface area contributed by atoms with Gasteiger partial charge in [0.2, 0.25) is 0 Å². The van der Waals surface area contributed by atoms with Gasteiger partial charge >= 0.3 is 5.97 Å². The fourth-order valence-corrected chi connectivity index (χ4v) is 6.75. The van der Waals surface area contributed by atoms with E-state index in [-0.39, 0.29) is 5.56 Å². The van der Waals surface area contributed by atoms with E-state index in [1.54, 1.807) is 12.1 Å². The van der Waals surface area contributed by atoms with Crippen molar-refractivity contribution < 1.29 is 9.90 Å². The van der Waals surface area contributed by atoms with Crippen molar-refractivity contribution in [1.29, 1.82) is 0 Å². The molecule has 5 rings (SSSR count). The molecule has 36 heavy (non-hydrogen) atoms. The van der Waals surface area contributed by atoms with Crippen LogP contribution in [0.1, 0.15) is 21.5 Å². The van der Waals surface area contributed by atoms with Gasteiger partial charge in [-0.05, 0) is 58.2 Å². The molecule has 5 aromatic rings. The number of aromatic carboxylic acids is 1. The first-order valence-corrected chi connectivity index (χ1v) is 13.1. The molecule has 0 heterocycles. The van der Waals surface area contributed by atoms with E-state index < -0.39 is 13.9 Å². The van der Waals surface area contributed by atoms with E-state index in [1.807, 2.05) is 18.2 Å². The number of carbonyl (C=O) groups is 1. The highest BCUT2D eigenvalue weighted by molar-refractivity contribution is 7.80. The summed E-state index contributed by atoms with van der Waals surface area (Å²) in [5.41, 5.74) is 4.75. The fourth-order valence-electron chi connectivity index (χ4n) is 4.29. The van der Waals surface area contributed by atoms with Gasteiger partial charge in [-0.1, -0.05) is 133 Å². The van der Waals surface area contributed by atoms with E-state index in [4.69, 9.17) is 5.11 Å². The molecule has 0 bridgehead atoms. The largest absolute Gasteiger partial charge is 0.478 e. The van der Waals surface area contributed by atoms with Crippen LogP contribution in [0.25, 0.3) is 23.3 Å².